The largest absolute Gasteiger partial charge is 0.361 e. The Morgan fingerprint density at radius 2 is 2.33 bits per heavy atom. The Bertz CT molecular complexity index is 411. The van der Waals surface area contributed by atoms with Gasteiger partial charge in [0, 0.05) is 30.2 Å². The number of pyridine rings is 1. The maximum absolute atomic E-state index is 4.33. The lowest BCUT2D eigenvalue weighted by atomic mass is 10.3. The monoisotopic (exact) mass is 219 g/mol. The number of aromatic nitrogens is 2. The van der Waals surface area contributed by atoms with Crippen LogP contribution in [0.1, 0.15) is 11.4 Å². The molecule has 78 valence electrons. The third-order valence-corrected chi connectivity index (χ3v) is 2.92. The van der Waals surface area contributed by atoms with Gasteiger partial charge in [-0.2, -0.15) is 0 Å². The highest BCUT2D eigenvalue weighted by atomic mass is 32.1. The van der Waals surface area contributed by atoms with E-state index in [0.29, 0.717) is 0 Å². The summed E-state index contributed by atoms with van der Waals surface area (Å²) in [6, 6.07) is 5.98. The van der Waals surface area contributed by atoms with Crippen molar-refractivity contribution in [3.8, 4) is 0 Å². The van der Waals surface area contributed by atoms with Gasteiger partial charge in [-0.15, -0.1) is 11.3 Å². The maximum atomic E-state index is 4.33. The van der Waals surface area contributed by atoms with Crippen molar-refractivity contribution in [1.29, 1.82) is 0 Å². The van der Waals surface area contributed by atoms with Crippen LogP contribution in [-0.2, 0) is 6.42 Å². The predicted octanol–water partition coefficient (Wildman–Crippen LogP) is 2.50. The fourth-order valence-corrected chi connectivity index (χ4v) is 2.00. The molecule has 2 heterocycles. The molecule has 2 rings (SSSR count). The Labute approximate surface area is 93.2 Å². The van der Waals surface area contributed by atoms with Gasteiger partial charge in [0.15, 0.2) is 5.13 Å². The van der Waals surface area contributed by atoms with E-state index in [-0.39, 0.29) is 0 Å². The molecule has 0 unspecified atom stereocenters. The molecule has 0 aliphatic heterocycles. The average Bonchev–Trinajstić information content (AvgIpc) is 2.66. The number of thiazole rings is 1. The molecule has 0 spiro atoms. The maximum Gasteiger partial charge on any atom is 0.182 e. The predicted molar refractivity (Wildman–Crippen MR) is 63.3 cm³/mol. The number of nitrogens with one attached hydrogen (secondary N) is 1. The van der Waals surface area contributed by atoms with Crippen molar-refractivity contribution in [1.82, 2.24) is 9.97 Å². The minimum atomic E-state index is 0.879. The molecule has 0 fully saturated rings. The zero-order valence-electron chi connectivity index (χ0n) is 8.60. The molecule has 0 aliphatic carbocycles. The summed E-state index contributed by atoms with van der Waals surface area (Å²) in [7, 11) is 0. The zero-order valence-corrected chi connectivity index (χ0v) is 9.42. The van der Waals surface area contributed by atoms with Crippen molar-refractivity contribution in [2.45, 2.75) is 13.3 Å². The molecule has 3 nitrogen and oxygen atoms in total. The second-order valence-corrected chi connectivity index (χ2v) is 4.15. The van der Waals surface area contributed by atoms with Crippen LogP contribution in [0, 0.1) is 6.92 Å². The third kappa shape index (κ3) is 3.02. The van der Waals surface area contributed by atoms with E-state index >= 15 is 0 Å². The van der Waals surface area contributed by atoms with Gasteiger partial charge in [-0.1, -0.05) is 6.07 Å². The standard InChI is InChI=1S/C11H13N3S/c1-9-8-15-11(14-9)13-7-5-10-4-2-3-6-12-10/h2-4,6,8H,5,7H2,1H3,(H,13,14). The van der Waals surface area contributed by atoms with Crippen LogP contribution in [0.2, 0.25) is 0 Å². The quantitative estimate of drug-likeness (QED) is 0.858. The highest BCUT2D eigenvalue weighted by molar-refractivity contribution is 7.13. The van der Waals surface area contributed by atoms with Crippen LogP contribution in [0.25, 0.3) is 0 Å². The lowest BCUT2D eigenvalue weighted by molar-refractivity contribution is 0.958. The first kappa shape index (κ1) is 10.1. The Hall–Kier alpha value is -1.42. The number of aryl methyl sites for hydroxylation is 1. The third-order valence-electron chi connectivity index (χ3n) is 2.00. The summed E-state index contributed by atoms with van der Waals surface area (Å²) in [5.41, 5.74) is 2.18. The number of rotatable bonds is 4. The Morgan fingerprint density at radius 1 is 1.40 bits per heavy atom. The highest BCUT2D eigenvalue weighted by Crippen LogP contribution is 2.13. The van der Waals surface area contributed by atoms with E-state index in [2.05, 4.69) is 15.3 Å². The van der Waals surface area contributed by atoms with E-state index in [0.717, 1.165) is 29.5 Å². The van der Waals surface area contributed by atoms with Crippen LogP contribution in [-0.4, -0.2) is 16.5 Å². The number of hydrogen-bond donors (Lipinski definition) is 1. The van der Waals surface area contributed by atoms with E-state index in [1.165, 1.54) is 0 Å². The van der Waals surface area contributed by atoms with Crippen molar-refractivity contribution in [2.24, 2.45) is 0 Å². The Morgan fingerprint density at radius 3 is 3.00 bits per heavy atom. The number of anilines is 1. The first-order valence-electron chi connectivity index (χ1n) is 4.90. The molecule has 0 amide bonds. The van der Waals surface area contributed by atoms with Gasteiger partial charge in [0.05, 0.1) is 5.69 Å². The van der Waals surface area contributed by atoms with Gasteiger partial charge in [-0.3, -0.25) is 4.98 Å². The van der Waals surface area contributed by atoms with Gasteiger partial charge in [-0.05, 0) is 19.1 Å². The molecule has 0 saturated carbocycles. The normalized spacial score (nSPS) is 10.2. The lowest BCUT2D eigenvalue weighted by Crippen LogP contribution is -2.05. The molecule has 2 aromatic rings. The molecule has 0 atom stereocenters. The first-order valence-corrected chi connectivity index (χ1v) is 5.78. The van der Waals surface area contributed by atoms with Crippen LogP contribution in [0.3, 0.4) is 0 Å². The van der Waals surface area contributed by atoms with Gasteiger partial charge in [0.2, 0.25) is 0 Å². The SMILES string of the molecule is Cc1csc(NCCc2ccccn2)n1. The minimum Gasteiger partial charge on any atom is -0.361 e. The molecule has 0 aromatic carbocycles. The first-order chi connectivity index (χ1) is 7.34. The summed E-state index contributed by atoms with van der Waals surface area (Å²) in [6.07, 6.45) is 2.75. The topological polar surface area (TPSA) is 37.8 Å². The number of nitrogens with zero attached hydrogens (tertiary/aromatic N) is 2. The summed E-state index contributed by atoms with van der Waals surface area (Å²) in [4.78, 5) is 8.59. The van der Waals surface area contributed by atoms with E-state index in [9.17, 15) is 0 Å². The molecule has 4 heteroatoms. The molecule has 2 aromatic heterocycles. The minimum absolute atomic E-state index is 0.879. The summed E-state index contributed by atoms with van der Waals surface area (Å²) >= 11 is 1.64. The smallest absolute Gasteiger partial charge is 0.182 e. The fourth-order valence-electron chi connectivity index (χ4n) is 1.28. The summed E-state index contributed by atoms with van der Waals surface area (Å²) in [6.45, 7) is 2.88. The van der Waals surface area contributed by atoms with E-state index < -0.39 is 0 Å². The van der Waals surface area contributed by atoms with Crippen molar-refractivity contribution in [2.75, 3.05) is 11.9 Å². The molecule has 0 aliphatic rings. The molecule has 0 bridgehead atoms. The summed E-state index contributed by atoms with van der Waals surface area (Å²) in [5, 5.41) is 6.32. The zero-order chi connectivity index (χ0) is 10.5. The van der Waals surface area contributed by atoms with Crippen LogP contribution in [0.5, 0.6) is 0 Å². The number of hydrogen-bond acceptors (Lipinski definition) is 4. The molecular weight excluding hydrogens is 206 g/mol. The molecule has 0 saturated heterocycles. The molecule has 0 radical (unpaired) electrons. The van der Waals surface area contributed by atoms with Crippen LogP contribution >= 0.6 is 11.3 Å². The van der Waals surface area contributed by atoms with Gasteiger partial charge < -0.3 is 5.32 Å². The second-order valence-electron chi connectivity index (χ2n) is 3.29. The molecular formula is C11H13N3S. The highest BCUT2D eigenvalue weighted by Gasteiger charge is 1.97. The van der Waals surface area contributed by atoms with E-state index in [1.54, 1.807) is 11.3 Å². The van der Waals surface area contributed by atoms with Gasteiger partial charge in [-0.25, -0.2) is 4.98 Å². The molecule has 15 heavy (non-hydrogen) atoms. The van der Waals surface area contributed by atoms with Crippen molar-refractivity contribution in [3.63, 3.8) is 0 Å². The Balaban J connectivity index is 1.80. The Kier molecular flexibility index (Phi) is 3.29. The van der Waals surface area contributed by atoms with Crippen molar-refractivity contribution in [3.05, 3.63) is 41.2 Å². The molecule has 1 N–H and O–H groups in total. The van der Waals surface area contributed by atoms with E-state index in [4.69, 9.17) is 0 Å². The fraction of sp³-hybridized carbons (Fsp3) is 0.273. The van der Waals surface area contributed by atoms with Crippen LogP contribution in [0.4, 0.5) is 5.13 Å². The second kappa shape index (κ2) is 4.89. The van der Waals surface area contributed by atoms with E-state index in [1.807, 2.05) is 36.7 Å². The van der Waals surface area contributed by atoms with Crippen LogP contribution in [0.15, 0.2) is 29.8 Å². The van der Waals surface area contributed by atoms with Gasteiger partial charge in [0.1, 0.15) is 0 Å². The van der Waals surface area contributed by atoms with Crippen LogP contribution < -0.4 is 5.32 Å². The average molecular weight is 219 g/mol. The lowest BCUT2D eigenvalue weighted by Gasteiger charge is -2.01. The van der Waals surface area contributed by atoms with Crippen molar-refractivity contribution < 1.29 is 0 Å². The summed E-state index contributed by atoms with van der Waals surface area (Å²) in [5.74, 6) is 0. The summed E-state index contributed by atoms with van der Waals surface area (Å²) < 4.78 is 0. The van der Waals surface area contributed by atoms with Crippen molar-refractivity contribution >= 4 is 16.5 Å². The van der Waals surface area contributed by atoms with Gasteiger partial charge in [0.25, 0.3) is 0 Å². The van der Waals surface area contributed by atoms with Gasteiger partial charge >= 0.3 is 0 Å².